The molecular weight excluding hydrogens is 180 g/mol. The number of aliphatic carboxylic acids is 1. The molecule has 0 aromatic rings. The van der Waals surface area contributed by atoms with Crippen LogP contribution >= 0.6 is 0 Å². The third kappa shape index (κ3) is 13.3. The number of carboxylic acids is 1. The molecule has 0 rings (SSSR count). The van der Waals surface area contributed by atoms with Crippen molar-refractivity contribution in [2.75, 3.05) is 0 Å². The molecule has 0 aromatic heterocycles. The zero-order valence-electron chi connectivity index (χ0n) is 10.0. The summed E-state index contributed by atoms with van der Waals surface area (Å²) >= 11 is 0. The smallest absolute Gasteiger partial charge is 1.00 e. The predicted octanol–water partition coefficient (Wildman–Crippen LogP) is 2.67. The summed E-state index contributed by atoms with van der Waals surface area (Å²) in [4.78, 5) is 10.1. The molecule has 1 N–H and O–H groups in total. The van der Waals surface area contributed by atoms with Crippen LogP contribution in [0.4, 0.5) is 0 Å². The quantitative estimate of drug-likeness (QED) is 0.507. The zero-order chi connectivity index (χ0) is 8.53. The fourth-order valence-electron chi connectivity index (χ4n) is 1.06. The van der Waals surface area contributed by atoms with Crippen LogP contribution in [-0.2, 0) is 4.79 Å². The zero-order valence-corrected chi connectivity index (χ0v) is 10.2. The Labute approximate surface area is 108 Å². The van der Waals surface area contributed by atoms with E-state index in [9.17, 15) is 4.79 Å². The van der Waals surface area contributed by atoms with Gasteiger partial charge in [-0.25, -0.2) is 0 Å². The normalized spacial score (nSPS) is 9.08. The van der Waals surface area contributed by atoms with Crippen LogP contribution in [0, 0.1) is 0 Å². The van der Waals surface area contributed by atoms with Gasteiger partial charge in [-0.1, -0.05) is 39.0 Å². The van der Waals surface area contributed by atoms with Gasteiger partial charge in [0.25, 0.3) is 0 Å². The van der Waals surface area contributed by atoms with E-state index in [1.807, 2.05) is 0 Å². The summed E-state index contributed by atoms with van der Waals surface area (Å²) in [6.07, 6.45) is 7.25. The third-order valence-corrected chi connectivity index (χ3v) is 1.74. The molecule has 2 nitrogen and oxygen atoms in total. The Bertz CT molecular complexity index is 113. The molecule has 0 aliphatic heterocycles. The van der Waals surface area contributed by atoms with Crippen LogP contribution in [0.5, 0.6) is 0 Å². The molecule has 0 spiro atoms. The van der Waals surface area contributed by atoms with Crippen LogP contribution in [-0.4, -0.2) is 48.8 Å². The first-order valence-corrected chi connectivity index (χ1v) is 4.49. The molecule has 0 radical (unpaired) electrons. The average Bonchev–Trinajstić information content (AvgIpc) is 1.96. The monoisotopic (exact) mass is 200 g/mol. The van der Waals surface area contributed by atoms with E-state index in [4.69, 9.17) is 5.11 Å². The molecule has 0 atom stereocenters. The van der Waals surface area contributed by atoms with Crippen LogP contribution in [0.25, 0.3) is 0 Å². The number of carbonyl (C=O) groups is 1. The fraction of sp³-hybridized carbons (Fsp3) is 0.889. The van der Waals surface area contributed by atoms with Crippen molar-refractivity contribution >= 4 is 43.7 Å². The van der Waals surface area contributed by atoms with E-state index in [1.54, 1.807) is 0 Å². The number of unbranched alkanes of at least 4 members (excludes halogenated alkanes) is 5. The van der Waals surface area contributed by atoms with Gasteiger partial charge in [0.15, 0.2) is 0 Å². The predicted molar refractivity (Wildman–Crippen MR) is 53.6 cm³/mol. The summed E-state index contributed by atoms with van der Waals surface area (Å²) in [6.45, 7) is 2.18. The molecule has 12 heavy (non-hydrogen) atoms. The first-order chi connectivity index (χ1) is 5.27. The fourth-order valence-corrected chi connectivity index (χ4v) is 1.06. The van der Waals surface area contributed by atoms with Gasteiger partial charge in [-0.05, 0) is 6.42 Å². The molecule has 0 amide bonds. The second kappa shape index (κ2) is 11.7. The number of carboxylic acid groups (broad SMARTS) is 1. The molecule has 0 saturated carbocycles. The summed E-state index contributed by atoms with van der Waals surface area (Å²) in [5.74, 6) is -0.666. The van der Waals surface area contributed by atoms with Crippen LogP contribution in [0.2, 0.25) is 0 Å². The number of hydrogen-bond donors (Lipinski definition) is 1. The van der Waals surface area contributed by atoms with E-state index < -0.39 is 5.97 Å². The van der Waals surface area contributed by atoms with E-state index in [0.29, 0.717) is 6.42 Å². The van der Waals surface area contributed by atoms with Gasteiger partial charge in [-0.2, -0.15) is 0 Å². The summed E-state index contributed by atoms with van der Waals surface area (Å²) < 4.78 is 0. The van der Waals surface area contributed by atoms with Crippen LogP contribution in [0.3, 0.4) is 0 Å². The molecule has 0 aromatic carbocycles. The van der Waals surface area contributed by atoms with Crippen molar-refractivity contribution in [3.8, 4) is 0 Å². The first kappa shape index (κ1) is 15.2. The van der Waals surface area contributed by atoms with Crippen molar-refractivity contribution in [1.82, 2.24) is 0 Å². The minimum absolute atomic E-state index is 0. The van der Waals surface area contributed by atoms with Crippen molar-refractivity contribution < 1.29 is 12.8 Å². The SMILES string of the molecule is CCCCCCCCC(=O)O.[Ca+2].[H-].[H-]. The second-order valence-electron chi connectivity index (χ2n) is 2.91. The maximum atomic E-state index is 10.1. The minimum Gasteiger partial charge on any atom is -1.00 e. The van der Waals surface area contributed by atoms with E-state index in [-0.39, 0.29) is 40.6 Å². The minimum atomic E-state index is -0.666. The van der Waals surface area contributed by atoms with E-state index >= 15 is 0 Å². The van der Waals surface area contributed by atoms with Crippen LogP contribution in [0.1, 0.15) is 54.7 Å². The van der Waals surface area contributed by atoms with Gasteiger partial charge in [0, 0.05) is 6.42 Å². The summed E-state index contributed by atoms with van der Waals surface area (Å²) in [7, 11) is 0. The molecule has 3 heteroatoms. The summed E-state index contributed by atoms with van der Waals surface area (Å²) in [6, 6.07) is 0. The Balaban J connectivity index is -0.000000167. The molecule has 0 aliphatic rings. The van der Waals surface area contributed by atoms with Gasteiger partial charge in [0.05, 0.1) is 0 Å². The van der Waals surface area contributed by atoms with E-state index in [2.05, 4.69) is 6.92 Å². The Morgan fingerprint density at radius 2 is 1.67 bits per heavy atom. The molecule has 0 aliphatic carbocycles. The third-order valence-electron chi connectivity index (χ3n) is 1.74. The first-order valence-electron chi connectivity index (χ1n) is 4.49. The van der Waals surface area contributed by atoms with Crippen molar-refractivity contribution in [2.24, 2.45) is 0 Å². The Morgan fingerprint density at radius 3 is 2.17 bits per heavy atom. The van der Waals surface area contributed by atoms with Crippen molar-refractivity contribution in [1.29, 1.82) is 0 Å². The van der Waals surface area contributed by atoms with Crippen molar-refractivity contribution in [3.05, 3.63) is 0 Å². The molecule has 70 valence electrons. The molecule has 0 fully saturated rings. The van der Waals surface area contributed by atoms with Gasteiger partial charge in [0.2, 0.25) is 0 Å². The van der Waals surface area contributed by atoms with Crippen LogP contribution < -0.4 is 0 Å². The molecule has 0 heterocycles. The Kier molecular flexibility index (Phi) is 14.9. The Morgan fingerprint density at radius 1 is 1.17 bits per heavy atom. The standard InChI is InChI=1S/C9H18O2.Ca.2H/c1-2-3-4-5-6-7-8-9(10)11;;;/h2-8H2,1H3,(H,10,11);;;/q;+2;2*-1. The molecule has 0 bridgehead atoms. The van der Waals surface area contributed by atoms with Gasteiger partial charge < -0.3 is 7.96 Å². The maximum absolute atomic E-state index is 10.1. The topological polar surface area (TPSA) is 37.3 Å². The van der Waals surface area contributed by atoms with Gasteiger partial charge >= 0.3 is 43.7 Å². The van der Waals surface area contributed by atoms with E-state index in [1.165, 1.54) is 25.7 Å². The number of hydrogen-bond acceptors (Lipinski definition) is 1. The summed E-state index contributed by atoms with van der Waals surface area (Å²) in [5, 5.41) is 8.32. The summed E-state index contributed by atoms with van der Waals surface area (Å²) in [5.41, 5.74) is 0. The molecule has 0 saturated heterocycles. The van der Waals surface area contributed by atoms with Crippen molar-refractivity contribution in [3.63, 3.8) is 0 Å². The largest absolute Gasteiger partial charge is 2.00 e. The Hall–Kier alpha value is 0.730. The van der Waals surface area contributed by atoms with Crippen LogP contribution in [0.15, 0.2) is 0 Å². The molecule has 0 unspecified atom stereocenters. The maximum Gasteiger partial charge on any atom is 2.00 e. The average molecular weight is 200 g/mol. The van der Waals surface area contributed by atoms with Gasteiger partial charge in [0.1, 0.15) is 0 Å². The number of rotatable bonds is 7. The van der Waals surface area contributed by atoms with Gasteiger partial charge in [-0.15, -0.1) is 0 Å². The second-order valence-corrected chi connectivity index (χ2v) is 2.91. The van der Waals surface area contributed by atoms with Crippen molar-refractivity contribution in [2.45, 2.75) is 51.9 Å². The molecular formula is C9H20CaO2. The van der Waals surface area contributed by atoms with Gasteiger partial charge in [-0.3, -0.25) is 4.79 Å². The van der Waals surface area contributed by atoms with E-state index in [0.717, 1.165) is 12.8 Å².